The fourth-order valence-electron chi connectivity index (χ4n) is 1.39. The lowest BCUT2D eigenvalue weighted by Crippen LogP contribution is -2.05. The Balaban J connectivity index is 3.01. The van der Waals surface area contributed by atoms with Gasteiger partial charge in [0.15, 0.2) is 0 Å². The number of carboxylic acid groups (broad SMARTS) is 2. The normalized spacial score (nSPS) is 9.25. The third kappa shape index (κ3) is 4.14. The molecule has 0 atom stereocenters. The average Bonchev–Trinajstić information content (AvgIpc) is 2.38. The highest BCUT2D eigenvalue weighted by Gasteiger charge is 2.12. The SMILES string of the molecule is CCOC(=O)CC#Cc1ccc(C(=O)O)cc1C(=O)O. The first-order valence-electron chi connectivity index (χ1n) is 5.70. The summed E-state index contributed by atoms with van der Waals surface area (Å²) in [7, 11) is 0. The molecule has 2 N–H and O–H groups in total. The molecule has 0 saturated carbocycles. The molecule has 1 aromatic rings. The number of ether oxygens (including phenoxy) is 1. The van der Waals surface area contributed by atoms with Gasteiger partial charge in [-0.15, -0.1) is 0 Å². The summed E-state index contributed by atoms with van der Waals surface area (Å²) in [6.45, 7) is 1.91. The molecule has 1 rings (SSSR count). The van der Waals surface area contributed by atoms with E-state index < -0.39 is 17.9 Å². The van der Waals surface area contributed by atoms with E-state index in [9.17, 15) is 14.4 Å². The number of carbonyl (C=O) groups excluding carboxylic acids is 1. The van der Waals surface area contributed by atoms with E-state index in [1.807, 2.05) is 0 Å². The Bertz CT molecular complexity index is 606. The minimum Gasteiger partial charge on any atom is -0.478 e. The van der Waals surface area contributed by atoms with Crippen LogP contribution in [0.15, 0.2) is 18.2 Å². The number of rotatable bonds is 4. The Labute approximate surface area is 115 Å². The molecule has 0 aromatic heterocycles. The minimum absolute atomic E-state index is 0.140. The van der Waals surface area contributed by atoms with Gasteiger partial charge in [0.05, 0.1) is 17.7 Å². The molecule has 0 saturated heterocycles. The van der Waals surface area contributed by atoms with Crippen LogP contribution in [0.1, 0.15) is 39.6 Å². The van der Waals surface area contributed by atoms with Crippen LogP contribution < -0.4 is 0 Å². The van der Waals surface area contributed by atoms with Crippen molar-refractivity contribution < 1.29 is 29.3 Å². The van der Waals surface area contributed by atoms with Gasteiger partial charge in [-0.3, -0.25) is 4.79 Å². The zero-order valence-electron chi connectivity index (χ0n) is 10.7. The van der Waals surface area contributed by atoms with E-state index >= 15 is 0 Å². The molecule has 0 radical (unpaired) electrons. The number of carbonyl (C=O) groups is 3. The maximum absolute atomic E-state index is 11.1. The predicted molar refractivity (Wildman–Crippen MR) is 68.5 cm³/mol. The Morgan fingerprint density at radius 2 is 1.90 bits per heavy atom. The molecular weight excluding hydrogens is 264 g/mol. The van der Waals surface area contributed by atoms with Crippen molar-refractivity contribution in [1.29, 1.82) is 0 Å². The van der Waals surface area contributed by atoms with Gasteiger partial charge in [-0.1, -0.05) is 11.8 Å². The summed E-state index contributed by atoms with van der Waals surface area (Å²) in [5.74, 6) is 2.01. The topological polar surface area (TPSA) is 101 Å². The third-order valence-electron chi connectivity index (χ3n) is 2.26. The van der Waals surface area contributed by atoms with E-state index in [4.69, 9.17) is 10.2 Å². The first-order chi connectivity index (χ1) is 9.45. The van der Waals surface area contributed by atoms with Crippen molar-refractivity contribution in [1.82, 2.24) is 0 Å². The van der Waals surface area contributed by atoms with Gasteiger partial charge in [-0.05, 0) is 25.1 Å². The predicted octanol–water partition coefficient (Wildman–Crippen LogP) is 1.39. The van der Waals surface area contributed by atoms with Crippen LogP contribution in [0.5, 0.6) is 0 Å². The smallest absolute Gasteiger partial charge is 0.336 e. The fraction of sp³-hybridized carbons (Fsp3) is 0.214. The first kappa shape index (κ1) is 15.2. The maximum atomic E-state index is 11.1. The lowest BCUT2D eigenvalue weighted by Gasteiger charge is -2.01. The molecule has 0 unspecified atom stereocenters. The summed E-state index contributed by atoms with van der Waals surface area (Å²) in [6.07, 6.45) is -0.159. The second-order valence-corrected chi connectivity index (χ2v) is 3.65. The summed E-state index contributed by atoms with van der Waals surface area (Å²) in [5, 5.41) is 17.8. The molecule has 1 aromatic carbocycles. The molecule has 0 fully saturated rings. The molecule has 0 aliphatic rings. The van der Waals surface area contributed by atoms with Crippen molar-refractivity contribution in [3.63, 3.8) is 0 Å². The summed E-state index contributed by atoms with van der Waals surface area (Å²) in [4.78, 5) is 32.9. The highest BCUT2D eigenvalue weighted by molar-refractivity contribution is 5.95. The second kappa shape index (κ2) is 6.95. The zero-order chi connectivity index (χ0) is 15.1. The average molecular weight is 276 g/mol. The molecule has 0 bridgehead atoms. The van der Waals surface area contributed by atoms with E-state index in [0.29, 0.717) is 0 Å². The molecule has 0 heterocycles. The largest absolute Gasteiger partial charge is 0.478 e. The molecule has 6 nitrogen and oxygen atoms in total. The summed E-state index contributed by atoms with van der Waals surface area (Å²) in [5.41, 5.74) is -0.216. The van der Waals surface area contributed by atoms with Crippen LogP contribution in [0.25, 0.3) is 0 Å². The van der Waals surface area contributed by atoms with Gasteiger partial charge in [0, 0.05) is 5.56 Å². The number of aromatic carboxylic acids is 2. The van der Waals surface area contributed by atoms with E-state index in [1.165, 1.54) is 12.1 Å². The van der Waals surface area contributed by atoms with Gasteiger partial charge in [0.25, 0.3) is 0 Å². The molecule has 0 spiro atoms. The van der Waals surface area contributed by atoms with Crippen LogP contribution in [0.2, 0.25) is 0 Å². The van der Waals surface area contributed by atoms with Gasteiger partial charge >= 0.3 is 17.9 Å². The monoisotopic (exact) mass is 276 g/mol. The van der Waals surface area contributed by atoms with Crippen molar-refractivity contribution in [2.75, 3.05) is 6.61 Å². The summed E-state index contributed by atoms with van der Waals surface area (Å²) < 4.78 is 4.67. The zero-order valence-corrected chi connectivity index (χ0v) is 10.7. The number of carboxylic acids is 2. The molecular formula is C14H12O6. The summed E-state index contributed by atoms with van der Waals surface area (Å²) >= 11 is 0. The Morgan fingerprint density at radius 3 is 2.45 bits per heavy atom. The lowest BCUT2D eigenvalue weighted by molar-refractivity contribution is -0.141. The van der Waals surface area contributed by atoms with Crippen molar-refractivity contribution in [3.8, 4) is 11.8 Å². The van der Waals surface area contributed by atoms with Crippen molar-refractivity contribution in [2.24, 2.45) is 0 Å². The van der Waals surface area contributed by atoms with Crippen LogP contribution in [0.3, 0.4) is 0 Å². The third-order valence-corrected chi connectivity index (χ3v) is 2.26. The number of hydrogen-bond acceptors (Lipinski definition) is 4. The maximum Gasteiger partial charge on any atom is 0.336 e. The van der Waals surface area contributed by atoms with Crippen LogP contribution in [-0.4, -0.2) is 34.7 Å². The summed E-state index contributed by atoms with van der Waals surface area (Å²) in [6, 6.07) is 3.58. The van der Waals surface area contributed by atoms with E-state index in [0.717, 1.165) is 6.07 Å². The first-order valence-corrected chi connectivity index (χ1v) is 5.70. The molecule has 0 amide bonds. The van der Waals surface area contributed by atoms with Crippen LogP contribution in [-0.2, 0) is 9.53 Å². The Hall–Kier alpha value is -2.81. The highest BCUT2D eigenvalue weighted by atomic mass is 16.5. The van der Waals surface area contributed by atoms with E-state index in [-0.39, 0.29) is 29.7 Å². The van der Waals surface area contributed by atoms with Crippen LogP contribution >= 0.6 is 0 Å². The molecule has 0 aliphatic heterocycles. The molecule has 0 aliphatic carbocycles. The number of benzene rings is 1. The van der Waals surface area contributed by atoms with E-state index in [2.05, 4.69) is 16.6 Å². The van der Waals surface area contributed by atoms with Crippen molar-refractivity contribution >= 4 is 17.9 Å². The molecule has 6 heteroatoms. The van der Waals surface area contributed by atoms with Gasteiger partial charge in [0.2, 0.25) is 0 Å². The number of hydrogen-bond donors (Lipinski definition) is 2. The van der Waals surface area contributed by atoms with Gasteiger partial charge in [-0.2, -0.15) is 0 Å². The molecule has 20 heavy (non-hydrogen) atoms. The highest BCUT2D eigenvalue weighted by Crippen LogP contribution is 2.11. The quantitative estimate of drug-likeness (QED) is 0.636. The fourth-order valence-corrected chi connectivity index (χ4v) is 1.39. The second-order valence-electron chi connectivity index (χ2n) is 3.65. The lowest BCUT2D eigenvalue weighted by atomic mass is 10.0. The number of esters is 1. The van der Waals surface area contributed by atoms with Gasteiger partial charge < -0.3 is 14.9 Å². The van der Waals surface area contributed by atoms with Crippen LogP contribution in [0.4, 0.5) is 0 Å². The minimum atomic E-state index is -1.28. The van der Waals surface area contributed by atoms with Gasteiger partial charge in [0.1, 0.15) is 6.42 Å². The molecule has 104 valence electrons. The standard InChI is InChI=1S/C14H12O6/c1-2-20-12(15)5-3-4-9-6-7-10(13(16)17)8-11(9)14(18)19/h6-8H,2,5H2,1H3,(H,16,17)(H,18,19). The van der Waals surface area contributed by atoms with Crippen molar-refractivity contribution in [3.05, 3.63) is 34.9 Å². The Kier molecular flexibility index (Phi) is 5.30. The van der Waals surface area contributed by atoms with Crippen LogP contribution in [0, 0.1) is 11.8 Å². The van der Waals surface area contributed by atoms with E-state index in [1.54, 1.807) is 6.92 Å². The Morgan fingerprint density at radius 1 is 1.20 bits per heavy atom. The van der Waals surface area contributed by atoms with Gasteiger partial charge in [-0.25, -0.2) is 9.59 Å². The van der Waals surface area contributed by atoms with Crippen molar-refractivity contribution in [2.45, 2.75) is 13.3 Å².